The molecule has 0 aliphatic heterocycles. The largest absolute Gasteiger partial charge is 0.347 e. The van der Waals surface area contributed by atoms with E-state index in [4.69, 9.17) is 0 Å². The number of carbonyl (C=O) groups excluding carboxylic acids is 1. The molecule has 0 unspecified atom stereocenters. The van der Waals surface area contributed by atoms with Crippen LogP contribution in [0.15, 0.2) is 42.9 Å². The first-order valence-electron chi connectivity index (χ1n) is 7.47. The van der Waals surface area contributed by atoms with Gasteiger partial charge in [-0.05, 0) is 17.7 Å². The summed E-state index contributed by atoms with van der Waals surface area (Å²) in [6.07, 6.45) is 5.12. The van der Waals surface area contributed by atoms with Crippen molar-refractivity contribution in [1.29, 1.82) is 0 Å². The van der Waals surface area contributed by atoms with E-state index >= 15 is 0 Å². The Balaban J connectivity index is 1.88. The molecule has 0 bridgehead atoms. The van der Waals surface area contributed by atoms with Gasteiger partial charge in [0.15, 0.2) is 5.65 Å². The highest BCUT2D eigenvalue weighted by molar-refractivity contribution is 5.92. The van der Waals surface area contributed by atoms with Crippen LogP contribution >= 0.6 is 0 Å². The molecule has 23 heavy (non-hydrogen) atoms. The lowest BCUT2D eigenvalue weighted by Gasteiger charge is -2.20. The smallest absolute Gasteiger partial charge is 0.270 e. The standard InChI is InChI=1S/C17H19N5O/c1-17(2,3)14-9-13(21-15-6-8-20-22(14)15)16(23)19-11-12-5-4-7-18-10-12/h4-10H,11H2,1-3H3,(H,19,23). The molecule has 1 N–H and O–H groups in total. The van der Waals surface area contributed by atoms with Crippen LogP contribution in [-0.4, -0.2) is 25.5 Å². The summed E-state index contributed by atoms with van der Waals surface area (Å²) in [5.74, 6) is -0.206. The first kappa shape index (κ1) is 15.1. The Morgan fingerprint density at radius 3 is 2.78 bits per heavy atom. The molecular weight excluding hydrogens is 290 g/mol. The maximum absolute atomic E-state index is 12.4. The number of hydrogen-bond donors (Lipinski definition) is 1. The topological polar surface area (TPSA) is 72.2 Å². The number of fused-ring (bicyclic) bond motifs is 1. The Labute approximate surface area is 134 Å². The predicted molar refractivity (Wildman–Crippen MR) is 87.1 cm³/mol. The summed E-state index contributed by atoms with van der Waals surface area (Å²) in [6.45, 7) is 6.67. The number of aromatic nitrogens is 4. The lowest BCUT2D eigenvalue weighted by molar-refractivity contribution is 0.0946. The number of nitrogens with one attached hydrogen (secondary N) is 1. The minimum absolute atomic E-state index is 0.147. The van der Waals surface area contributed by atoms with Crippen LogP contribution in [0.2, 0.25) is 0 Å². The van der Waals surface area contributed by atoms with Crippen molar-refractivity contribution in [3.05, 3.63) is 59.8 Å². The van der Waals surface area contributed by atoms with Gasteiger partial charge in [0.25, 0.3) is 5.91 Å². The zero-order valence-electron chi connectivity index (χ0n) is 13.4. The van der Waals surface area contributed by atoms with Gasteiger partial charge in [0.05, 0.1) is 11.9 Å². The van der Waals surface area contributed by atoms with Gasteiger partial charge >= 0.3 is 0 Å². The van der Waals surface area contributed by atoms with Crippen molar-refractivity contribution in [2.45, 2.75) is 32.7 Å². The Morgan fingerprint density at radius 2 is 2.09 bits per heavy atom. The van der Waals surface area contributed by atoms with Crippen molar-refractivity contribution in [3.63, 3.8) is 0 Å². The normalized spacial score (nSPS) is 11.6. The Morgan fingerprint density at radius 1 is 1.26 bits per heavy atom. The molecule has 0 radical (unpaired) electrons. The van der Waals surface area contributed by atoms with E-state index in [0.29, 0.717) is 17.9 Å². The molecule has 0 saturated carbocycles. The monoisotopic (exact) mass is 309 g/mol. The molecule has 3 heterocycles. The Bertz CT molecular complexity index is 833. The first-order chi connectivity index (χ1) is 10.9. The fourth-order valence-corrected chi connectivity index (χ4v) is 2.34. The van der Waals surface area contributed by atoms with E-state index in [2.05, 4.69) is 41.2 Å². The van der Waals surface area contributed by atoms with Gasteiger partial charge in [0, 0.05) is 30.4 Å². The lowest BCUT2D eigenvalue weighted by Crippen LogP contribution is -2.26. The molecule has 0 atom stereocenters. The molecule has 3 rings (SSSR count). The number of nitrogens with zero attached hydrogens (tertiary/aromatic N) is 4. The average Bonchev–Trinajstić information content (AvgIpc) is 3.00. The molecular formula is C17H19N5O. The quantitative estimate of drug-likeness (QED) is 0.806. The van der Waals surface area contributed by atoms with Crippen molar-refractivity contribution in [3.8, 4) is 0 Å². The van der Waals surface area contributed by atoms with E-state index in [1.54, 1.807) is 35.2 Å². The summed E-state index contributed by atoms with van der Waals surface area (Å²) in [6, 6.07) is 7.36. The fraction of sp³-hybridized carbons (Fsp3) is 0.294. The highest BCUT2D eigenvalue weighted by Crippen LogP contribution is 2.23. The minimum atomic E-state index is -0.206. The van der Waals surface area contributed by atoms with Crippen LogP contribution in [0.25, 0.3) is 5.65 Å². The van der Waals surface area contributed by atoms with Gasteiger partial charge in [-0.1, -0.05) is 26.8 Å². The first-order valence-corrected chi connectivity index (χ1v) is 7.47. The third kappa shape index (κ3) is 3.21. The number of amides is 1. The second-order valence-corrected chi connectivity index (χ2v) is 6.42. The number of pyridine rings is 1. The van der Waals surface area contributed by atoms with Crippen LogP contribution in [0.5, 0.6) is 0 Å². The van der Waals surface area contributed by atoms with Gasteiger partial charge in [-0.25, -0.2) is 9.50 Å². The van der Waals surface area contributed by atoms with Gasteiger partial charge in [-0.2, -0.15) is 5.10 Å². The molecule has 0 spiro atoms. The summed E-state index contributed by atoms with van der Waals surface area (Å²) in [5, 5.41) is 7.17. The lowest BCUT2D eigenvalue weighted by atomic mass is 9.91. The summed E-state index contributed by atoms with van der Waals surface area (Å²) < 4.78 is 1.78. The summed E-state index contributed by atoms with van der Waals surface area (Å²) in [4.78, 5) is 20.9. The van der Waals surface area contributed by atoms with Crippen LogP contribution in [0.1, 0.15) is 42.5 Å². The Kier molecular flexibility index (Phi) is 3.82. The molecule has 3 aromatic rings. The highest BCUT2D eigenvalue weighted by Gasteiger charge is 2.21. The van der Waals surface area contributed by atoms with E-state index < -0.39 is 0 Å². The number of carbonyl (C=O) groups is 1. The molecule has 0 aliphatic rings. The Hall–Kier alpha value is -2.76. The number of hydrogen-bond acceptors (Lipinski definition) is 4. The third-order valence-corrected chi connectivity index (χ3v) is 3.54. The zero-order chi connectivity index (χ0) is 16.4. The molecule has 3 aromatic heterocycles. The molecule has 0 saturated heterocycles. The average molecular weight is 309 g/mol. The van der Waals surface area contributed by atoms with Crippen molar-refractivity contribution in [1.82, 2.24) is 24.9 Å². The summed E-state index contributed by atoms with van der Waals surface area (Å²) in [7, 11) is 0. The second-order valence-electron chi connectivity index (χ2n) is 6.42. The SMILES string of the molecule is CC(C)(C)c1cc(C(=O)NCc2cccnc2)nc2ccnn12. The van der Waals surface area contributed by atoms with Gasteiger partial charge in [-0.15, -0.1) is 0 Å². The minimum Gasteiger partial charge on any atom is -0.347 e. The van der Waals surface area contributed by atoms with E-state index in [1.165, 1.54) is 0 Å². The summed E-state index contributed by atoms with van der Waals surface area (Å²) >= 11 is 0. The molecule has 118 valence electrons. The van der Waals surface area contributed by atoms with E-state index in [9.17, 15) is 4.79 Å². The van der Waals surface area contributed by atoms with Gasteiger partial charge in [-0.3, -0.25) is 9.78 Å². The fourth-order valence-electron chi connectivity index (χ4n) is 2.34. The maximum atomic E-state index is 12.4. The van der Waals surface area contributed by atoms with Crippen molar-refractivity contribution < 1.29 is 4.79 Å². The predicted octanol–water partition coefficient (Wildman–Crippen LogP) is 2.35. The summed E-state index contributed by atoms with van der Waals surface area (Å²) in [5.41, 5.74) is 2.81. The van der Waals surface area contributed by atoms with Gasteiger partial charge < -0.3 is 5.32 Å². The molecule has 1 amide bonds. The molecule has 0 fully saturated rings. The van der Waals surface area contributed by atoms with E-state index in [-0.39, 0.29) is 11.3 Å². The van der Waals surface area contributed by atoms with Crippen LogP contribution < -0.4 is 5.32 Å². The second kappa shape index (κ2) is 5.79. The van der Waals surface area contributed by atoms with Crippen LogP contribution in [0.4, 0.5) is 0 Å². The van der Waals surface area contributed by atoms with Crippen LogP contribution in [0, 0.1) is 0 Å². The zero-order valence-corrected chi connectivity index (χ0v) is 13.4. The molecule has 6 nitrogen and oxygen atoms in total. The van der Waals surface area contributed by atoms with E-state index in [0.717, 1.165) is 11.3 Å². The van der Waals surface area contributed by atoms with Gasteiger partial charge in [0.1, 0.15) is 5.69 Å². The van der Waals surface area contributed by atoms with Crippen molar-refractivity contribution >= 4 is 11.6 Å². The van der Waals surface area contributed by atoms with Crippen molar-refractivity contribution in [2.24, 2.45) is 0 Å². The molecule has 0 aliphatic carbocycles. The third-order valence-electron chi connectivity index (χ3n) is 3.54. The maximum Gasteiger partial charge on any atom is 0.270 e. The molecule has 0 aromatic carbocycles. The van der Waals surface area contributed by atoms with Gasteiger partial charge in [0.2, 0.25) is 0 Å². The number of rotatable bonds is 3. The van der Waals surface area contributed by atoms with Crippen LogP contribution in [0.3, 0.4) is 0 Å². The highest BCUT2D eigenvalue weighted by atomic mass is 16.1. The van der Waals surface area contributed by atoms with Crippen LogP contribution in [-0.2, 0) is 12.0 Å². The van der Waals surface area contributed by atoms with E-state index in [1.807, 2.05) is 12.1 Å². The molecule has 6 heteroatoms. The van der Waals surface area contributed by atoms with Crippen molar-refractivity contribution in [2.75, 3.05) is 0 Å².